The minimum Gasteiger partial charge on any atom is -0.411 e. The van der Waals surface area contributed by atoms with Gasteiger partial charge in [0, 0.05) is 18.2 Å². The van der Waals surface area contributed by atoms with Gasteiger partial charge in [0.2, 0.25) is 0 Å². The molecule has 0 radical (unpaired) electrons. The van der Waals surface area contributed by atoms with Crippen molar-refractivity contribution in [3.8, 4) is 0 Å². The number of hydrogen-bond donors (Lipinski definition) is 1. The van der Waals surface area contributed by atoms with Crippen molar-refractivity contribution in [2.75, 3.05) is 11.4 Å². The standard InChI is InChI=1S/C15H18N2O/c18-16-14-11-5-6-12(9-11)15(14)17-8-7-10-3-1-2-4-13(10)17/h1-4,11-12,15,18H,5-9H2/b16-14-/t11-,12+,15-/m0/s1. The van der Waals surface area contributed by atoms with Crippen molar-refractivity contribution in [2.45, 2.75) is 31.7 Å². The zero-order chi connectivity index (χ0) is 12.1. The van der Waals surface area contributed by atoms with Crippen LogP contribution in [0.3, 0.4) is 0 Å². The number of fused-ring (bicyclic) bond motifs is 3. The van der Waals surface area contributed by atoms with E-state index in [4.69, 9.17) is 0 Å². The van der Waals surface area contributed by atoms with Crippen molar-refractivity contribution >= 4 is 11.4 Å². The molecular weight excluding hydrogens is 224 g/mol. The Bertz CT molecular complexity index is 511. The molecule has 2 bridgehead atoms. The first-order chi connectivity index (χ1) is 8.88. The molecule has 1 heterocycles. The van der Waals surface area contributed by atoms with E-state index in [1.807, 2.05) is 0 Å². The van der Waals surface area contributed by atoms with Crippen LogP contribution in [0.2, 0.25) is 0 Å². The van der Waals surface area contributed by atoms with Crippen LogP contribution in [0.5, 0.6) is 0 Å². The van der Waals surface area contributed by atoms with Gasteiger partial charge in [-0.1, -0.05) is 23.4 Å². The Morgan fingerprint density at radius 2 is 2.11 bits per heavy atom. The van der Waals surface area contributed by atoms with Crippen molar-refractivity contribution in [1.82, 2.24) is 0 Å². The molecule has 2 fully saturated rings. The Hall–Kier alpha value is -1.51. The summed E-state index contributed by atoms with van der Waals surface area (Å²) in [5.74, 6) is 1.24. The maximum Gasteiger partial charge on any atom is 0.0828 e. The predicted octanol–water partition coefficient (Wildman–Crippen LogP) is 2.68. The summed E-state index contributed by atoms with van der Waals surface area (Å²) in [6, 6.07) is 9.02. The molecule has 2 aliphatic carbocycles. The van der Waals surface area contributed by atoms with Crippen LogP contribution >= 0.6 is 0 Å². The molecule has 3 heteroatoms. The second kappa shape index (κ2) is 3.74. The molecule has 0 unspecified atom stereocenters. The minimum atomic E-state index is 0.359. The van der Waals surface area contributed by atoms with Gasteiger partial charge in [-0.05, 0) is 43.2 Å². The number of benzene rings is 1. The number of rotatable bonds is 1. The lowest BCUT2D eigenvalue weighted by atomic mass is 9.92. The molecule has 0 aromatic heterocycles. The Morgan fingerprint density at radius 3 is 3.00 bits per heavy atom. The molecule has 1 aromatic carbocycles. The average Bonchev–Trinajstić information content (AvgIpc) is 3.11. The van der Waals surface area contributed by atoms with Gasteiger partial charge in [0.1, 0.15) is 0 Å². The average molecular weight is 242 g/mol. The van der Waals surface area contributed by atoms with Crippen LogP contribution in [-0.2, 0) is 6.42 Å². The van der Waals surface area contributed by atoms with Gasteiger partial charge in [-0.15, -0.1) is 0 Å². The van der Waals surface area contributed by atoms with E-state index in [-0.39, 0.29) is 0 Å². The van der Waals surface area contributed by atoms with E-state index < -0.39 is 0 Å². The summed E-state index contributed by atoms with van der Waals surface area (Å²) in [7, 11) is 0. The van der Waals surface area contributed by atoms with Gasteiger partial charge >= 0.3 is 0 Å². The Labute approximate surface area is 107 Å². The largest absolute Gasteiger partial charge is 0.411 e. The minimum absolute atomic E-state index is 0.359. The summed E-state index contributed by atoms with van der Waals surface area (Å²) in [5, 5.41) is 13.0. The molecular formula is C15H18N2O. The monoisotopic (exact) mass is 242 g/mol. The van der Waals surface area contributed by atoms with E-state index in [0.29, 0.717) is 17.9 Å². The Morgan fingerprint density at radius 1 is 1.22 bits per heavy atom. The smallest absolute Gasteiger partial charge is 0.0828 e. The summed E-state index contributed by atoms with van der Waals surface area (Å²) in [4.78, 5) is 2.48. The molecule has 1 N–H and O–H groups in total. The summed E-state index contributed by atoms with van der Waals surface area (Å²) in [6.07, 6.45) is 4.87. The van der Waals surface area contributed by atoms with E-state index >= 15 is 0 Å². The lowest BCUT2D eigenvalue weighted by Crippen LogP contribution is -2.44. The van der Waals surface area contributed by atoms with Gasteiger partial charge < -0.3 is 10.1 Å². The molecule has 3 nitrogen and oxygen atoms in total. The number of para-hydroxylation sites is 1. The number of nitrogens with zero attached hydrogens (tertiary/aromatic N) is 2. The first-order valence-corrected chi connectivity index (χ1v) is 6.95. The van der Waals surface area contributed by atoms with Crippen LogP contribution in [0.4, 0.5) is 5.69 Å². The van der Waals surface area contributed by atoms with E-state index in [0.717, 1.165) is 18.7 Å². The first-order valence-electron chi connectivity index (χ1n) is 6.95. The molecule has 0 amide bonds. The molecule has 3 aliphatic rings. The van der Waals surface area contributed by atoms with Crippen LogP contribution in [0, 0.1) is 11.8 Å². The maximum atomic E-state index is 9.33. The zero-order valence-electron chi connectivity index (χ0n) is 10.4. The van der Waals surface area contributed by atoms with Gasteiger partial charge in [-0.25, -0.2) is 0 Å². The van der Waals surface area contributed by atoms with E-state index in [9.17, 15) is 5.21 Å². The van der Waals surface area contributed by atoms with Crippen LogP contribution in [0.25, 0.3) is 0 Å². The topological polar surface area (TPSA) is 35.8 Å². The fraction of sp³-hybridized carbons (Fsp3) is 0.533. The summed E-state index contributed by atoms with van der Waals surface area (Å²) >= 11 is 0. The number of oxime groups is 1. The molecule has 18 heavy (non-hydrogen) atoms. The van der Waals surface area contributed by atoms with Gasteiger partial charge in [-0.3, -0.25) is 0 Å². The van der Waals surface area contributed by atoms with Gasteiger partial charge in [0.15, 0.2) is 0 Å². The second-order valence-electron chi connectivity index (χ2n) is 5.81. The van der Waals surface area contributed by atoms with Crippen molar-refractivity contribution in [3.05, 3.63) is 29.8 Å². The fourth-order valence-electron chi connectivity index (χ4n) is 4.26. The van der Waals surface area contributed by atoms with Crippen molar-refractivity contribution in [1.29, 1.82) is 0 Å². The fourth-order valence-corrected chi connectivity index (χ4v) is 4.26. The summed E-state index contributed by atoms with van der Waals surface area (Å²) in [6.45, 7) is 1.08. The van der Waals surface area contributed by atoms with E-state index in [1.54, 1.807) is 0 Å². The molecule has 3 atom stereocenters. The van der Waals surface area contributed by atoms with Gasteiger partial charge in [-0.2, -0.15) is 0 Å². The normalized spacial score (nSPS) is 35.4. The van der Waals surface area contributed by atoms with E-state index in [1.165, 1.54) is 30.5 Å². The molecule has 0 spiro atoms. The molecule has 0 saturated heterocycles. The molecule has 94 valence electrons. The molecule has 2 saturated carbocycles. The zero-order valence-corrected chi connectivity index (χ0v) is 10.4. The van der Waals surface area contributed by atoms with Crippen LogP contribution < -0.4 is 4.90 Å². The lowest BCUT2D eigenvalue weighted by Gasteiger charge is -2.33. The maximum absolute atomic E-state index is 9.33. The lowest BCUT2D eigenvalue weighted by molar-refractivity contribution is 0.311. The molecule has 1 aromatic rings. The third kappa shape index (κ3) is 1.27. The highest BCUT2D eigenvalue weighted by molar-refractivity contribution is 5.97. The van der Waals surface area contributed by atoms with Crippen molar-refractivity contribution in [2.24, 2.45) is 17.0 Å². The van der Waals surface area contributed by atoms with Crippen molar-refractivity contribution < 1.29 is 5.21 Å². The molecule has 1 aliphatic heterocycles. The van der Waals surface area contributed by atoms with Gasteiger partial charge in [0.25, 0.3) is 0 Å². The number of anilines is 1. The second-order valence-corrected chi connectivity index (χ2v) is 5.81. The Kier molecular flexibility index (Phi) is 2.16. The molecule has 4 rings (SSSR count). The third-order valence-corrected chi connectivity index (χ3v) is 5.02. The summed E-state index contributed by atoms with van der Waals surface area (Å²) in [5.41, 5.74) is 3.84. The third-order valence-electron chi connectivity index (χ3n) is 5.02. The van der Waals surface area contributed by atoms with Crippen LogP contribution in [0.1, 0.15) is 24.8 Å². The van der Waals surface area contributed by atoms with Gasteiger partial charge in [0.05, 0.1) is 11.8 Å². The van der Waals surface area contributed by atoms with E-state index in [2.05, 4.69) is 34.3 Å². The van der Waals surface area contributed by atoms with Crippen LogP contribution in [-0.4, -0.2) is 23.5 Å². The Balaban J connectivity index is 1.73. The SMILES string of the molecule is O/N=C1/[C@H]2CC[C@H](C2)[C@@H]1N1CCc2ccccc21. The predicted molar refractivity (Wildman–Crippen MR) is 71.3 cm³/mol. The highest BCUT2D eigenvalue weighted by Gasteiger charge is 2.49. The highest BCUT2D eigenvalue weighted by atomic mass is 16.4. The number of hydrogen-bond acceptors (Lipinski definition) is 3. The quantitative estimate of drug-likeness (QED) is 0.607. The van der Waals surface area contributed by atoms with Crippen LogP contribution in [0.15, 0.2) is 29.4 Å². The highest BCUT2D eigenvalue weighted by Crippen LogP contribution is 2.47. The first kappa shape index (κ1) is 10.4. The van der Waals surface area contributed by atoms with Crippen molar-refractivity contribution in [3.63, 3.8) is 0 Å². The summed E-state index contributed by atoms with van der Waals surface area (Å²) < 4.78 is 0.